The van der Waals surface area contributed by atoms with Crippen molar-refractivity contribution in [1.29, 1.82) is 0 Å². The summed E-state index contributed by atoms with van der Waals surface area (Å²) >= 11 is 0. The fraction of sp³-hybridized carbons (Fsp3) is 0.375. The number of hydrogen-bond donors (Lipinski definition) is 2. The molecule has 4 N–H and O–H groups in total. The third-order valence-electron chi connectivity index (χ3n) is 1.86. The molecule has 0 amide bonds. The van der Waals surface area contributed by atoms with Gasteiger partial charge in [0.2, 0.25) is 0 Å². The summed E-state index contributed by atoms with van der Waals surface area (Å²) in [6.07, 6.45) is -9.73. The number of pyridine rings is 1. The molecular formula is C8H7F6N3O. The monoisotopic (exact) mass is 275 g/mol. The molecule has 18 heavy (non-hydrogen) atoms. The first kappa shape index (κ1) is 14.4. The molecule has 1 aromatic heterocycles. The first-order valence-electron chi connectivity index (χ1n) is 4.36. The van der Waals surface area contributed by atoms with Crippen LogP contribution in [0.15, 0.2) is 6.20 Å². The van der Waals surface area contributed by atoms with Gasteiger partial charge in [0.05, 0.1) is 0 Å². The lowest BCUT2D eigenvalue weighted by molar-refractivity contribution is -0.276. The molecule has 1 aromatic rings. The second-order valence-electron chi connectivity index (χ2n) is 3.12. The van der Waals surface area contributed by atoms with Crippen LogP contribution in [0.4, 0.5) is 32.2 Å². The van der Waals surface area contributed by atoms with Crippen molar-refractivity contribution in [2.45, 2.75) is 19.1 Å². The van der Waals surface area contributed by atoms with Crippen LogP contribution in [0, 0.1) is 0 Å². The summed E-state index contributed by atoms with van der Waals surface area (Å²) < 4.78 is 77.3. The summed E-state index contributed by atoms with van der Waals surface area (Å²) in [4.78, 5) is 3.14. The van der Waals surface area contributed by atoms with E-state index in [1.54, 1.807) is 0 Å². The van der Waals surface area contributed by atoms with Crippen LogP contribution < -0.4 is 16.2 Å². The van der Waals surface area contributed by atoms with Crippen LogP contribution in [0.25, 0.3) is 0 Å². The molecule has 0 aromatic carbocycles. The summed E-state index contributed by atoms with van der Waals surface area (Å²) in [6.45, 7) is -0.609. The van der Waals surface area contributed by atoms with Gasteiger partial charge in [0.25, 0.3) is 0 Å². The predicted octanol–water partition coefficient (Wildman–Crippen LogP) is 2.04. The molecule has 10 heteroatoms. The molecule has 0 aliphatic carbocycles. The number of hydrogen-bond acceptors (Lipinski definition) is 4. The molecule has 0 radical (unpaired) electrons. The van der Waals surface area contributed by atoms with E-state index < -0.39 is 41.8 Å². The van der Waals surface area contributed by atoms with Gasteiger partial charge in [0.15, 0.2) is 5.75 Å². The number of anilines is 1. The van der Waals surface area contributed by atoms with E-state index >= 15 is 0 Å². The fourth-order valence-corrected chi connectivity index (χ4v) is 1.20. The van der Waals surface area contributed by atoms with E-state index in [0.717, 1.165) is 0 Å². The first-order chi connectivity index (χ1) is 8.06. The van der Waals surface area contributed by atoms with Crippen molar-refractivity contribution in [3.63, 3.8) is 0 Å². The van der Waals surface area contributed by atoms with Gasteiger partial charge in [0, 0.05) is 18.3 Å². The van der Waals surface area contributed by atoms with E-state index in [9.17, 15) is 26.3 Å². The normalized spacial score (nSPS) is 12.6. The highest BCUT2D eigenvalue weighted by atomic mass is 19.4. The Hall–Kier alpha value is -1.71. The molecule has 0 aliphatic rings. The third-order valence-corrected chi connectivity index (χ3v) is 1.86. The van der Waals surface area contributed by atoms with Crippen LogP contribution in [-0.4, -0.2) is 11.3 Å². The Bertz CT molecular complexity index is 442. The van der Waals surface area contributed by atoms with Crippen molar-refractivity contribution in [3.8, 4) is 5.75 Å². The largest absolute Gasteiger partial charge is 0.573 e. The van der Waals surface area contributed by atoms with Gasteiger partial charge in [-0.2, -0.15) is 13.2 Å². The van der Waals surface area contributed by atoms with Crippen LogP contribution in [0.1, 0.15) is 11.1 Å². The van der Waals surface area contributed by atoms with Gasteiger partial charge in [-0.1, -0.05) is 0 Å². The van der Waals surface area contributed by atoms with Gasteiger partial charge in [-0.3, -0.25) is 0 Å². The molecule has 0 saturated heterocycles. The number of rotatable bonds is 2. The highest BCUT2D eigenvalue weighted by molar-refractivity contribution is 5.54. The van der Waals surface area contributed by atoms with Gasteiger partial charge in [0.1, 0.15) is 11.4 Å². The Balaban J connectivity index is 3.47. The quantitative estimate of drug-likeness (QED) is 0.810. The number of nitrogens with zero attached hydrogens (tertiary/aromatic N) is 1. The highest BCUT2D eigenvalue weighted by Gasteiger charge is 2.42. The molecule has 0 spiro atoms. The predicted molar refractivity (Wildman–Crippen MR) is 48.2 cm³/mol. The van der Waals surface area contributed by atoms with Crippen molar-refractivity contribution in [2.24, 2.45) is 5.73 Å². The van der Waals surface area contributed by atoms with Crippen molar-refractivity contribution in [3.05, 3.63) is 17.3 Å². The summed E-state index contributed by atoms with van der Waals surface area (Å²) in [5.74, 6) is -2.58. The molecule has 0 fully saturated rings. The van der Waals surface area contributed by atoms with Crippen LogP contribution >= 0.6 is 0 Å². The second kappa shape index (κ2) is 4.52. The molecule has 0 saturated carbocycles. The minimum atomic E-state index is -5.29. The lowest BCUT2D eigenvalue weighted by Gasteiger charge is -2.18. The van der Waals surface area contributed by atoms with E-state index in [0.29, 0.717) is 6.20 Å². The highest BCUT2D eigenvalue weighted by Crippen LogP contribution is 2.42. The Morgan fingerprint density at radius 1 is 1.17 bits per heavy atom. The first-order valence-corrected chi connectivity index (χ1v) is 4.36. The third kappa shape index (κ3) is 3.15. The zero-order chi connectivity index (χ0) is 14.1. The molecule has 102 valence electrons. The van der Waals surface area contributed by atoms with Crippen molar-refractivity contribution in [2.75, 3.05) is 5.73 Å². The van der Waals surface area contributed by atoms with Crippen molar-refractivity contribution >= 4 is 5.82 Å². The molecule has 0 aliphatic heterocycles. The molecule has 4 nitrogen and oxygen atoms in total. The SMILES string of the molecule is NCc1cnc(N)c(C(F)(F)F)c1OC(F)(F)F. The van der Waals surface area contributed by atoms with Gasteiger partial charge in [-0.25, -0.2) is 4.98 Å². The minimum absolute atomic E-state index is 0.547. The van der Waals surface area contributed by atoms with Crippen LogP contribution in [0.2, 0.25) is 0 Å². The van der Waals surface area contributed by atoms with Gasteiger partial charge >= 0.3 is 12.5 Å². The van der Waals surface area contributed by atoms with E-state index in [1.165, 1.54) is 0 Å². The summed E-state index contributed by atoms with van der Waals surface area (Å²) in [6, 6.07) is 0. The molecule has 0 atom stereocenters. The van der Waals surface area contributed by atoms with Crippen molar-refractivity contribution in [1.82, 2.24) is 4.98 Å². The Morgan fingerprint density at radius 3 is 2.11 bits per heavy atom. The number of halogens is 6. The number of alkyl halides is 6. The number of aromatic nitrogens is 1. The van der Waals surface area contributed by atoms with E-state index in [2.05, 4.69) is 9.72 Å². The molecule has 0 bridgehead atoms. The Morgan fingerprint density at radius 2 is 1.72 bits per heavy atom. The second-order valence-corrected chi connectivity index (χ2v) is 3.12. The zero-order valence-electron chi connectivity index (χ0n) is 8.56. The smallest absolute Gasteiger partial charge is 0.405 e. The molecular weight excluding hydrogens is 268 g/mol. The number of nitrogens with two attached hydrogens (primary N) is 2. The summed E-state index contributed by atoms with van der Waals surface area (Å²) in [7, 11) is 0. The van der Waals surface area contributed by atoms with Crippen LogP contribution in [0.3, 0.4) is 0 Å². The number of nitrogen functional groups attached to an aromatic ring is 1. The van der Waals surface area contributed by atoms with E-state index in [1.807, 2.05) is 0 Å². The Labute approximate surface area is 96.5 Å². The molecule has 1 heterocycles. The summed E-state index contributed by atoms with van der Waals surface area (Å²) in [5.41, 5.74) is 7.63. The zero-order valence-corrected chi connectivity index (χ0v) is 8.56. The summed E-state index contributed by atoms with van der Waals surface area (Å²) in [5, 5.41) is 0. The average molecular weight is 275 g/mol. The van der Waals surface area contributed by atoms with Crippen molar-refractivity contribution < 1.29 is 31.1 Å². The maximum Gasteiger partial charge on any atom is 0.573 e. The van der Waals surface area contributed by atoms with Gasteiger partial charge in [-0.05, 0) is 0 Å². The average Bonchev–Trinajstić information content (AvgIpc) is 2.13. The lowest BCUT2D eigenvalue weighted by atomic mass is 10.1. The van der Waals surface area contributed by atoms with Crippen LogP contribution in [0.5, 0.6) is 5.75 Å². The van der Waals surface area contributed by atoms with Gasteiger partial charge in [-0.15, -0.1) is 13.2 Å². The minimum Gasteiger partial charge on any atom is -0.405 e. The molecule has 0 unspecified atom stereocenters. The molecule has 1 rings (SSSR count). The van der Waals surface area contributed by atoms with E-state index in [4.69, 9.17) is 11.5 Å². The fourth-order valence-electron chi connectivity index (χ4n) is 1.20. The maximum atomic E-state index is 12.6. The topological polar surface area (TPSA) is 74.2 Å². The van der Waals surface area contributed by atoms with Gasteiger partial charge < -0.3 is 16.2 Å². The maximum absolute atomic E-state index is 12.6. The van der Waals surface area contributed by atoms with E-state index in [-0.39, 0.29) is 0 Å². The standard InChI is InChI=1S/C8H7F6N3O/c9-7(10,11)4-5(18-8(12,13)14)3(1-15)2-17-6(4)16/h2H,1,15H2,(H2,16,17). The lowest BCUT2D eigenvalue weighted by Crippen LogP contribution is -2.23. The number of ether oxygens (including phenoxy) is 1. The Kier molecular flexibility index (Phi) is 3.60. The van der Waals surface area contributed by atoms with Crippen LogP contribution in [-0.2, 0) is 12.7 Å².